The van der Waals surface area contributed by atoms with E-state index in [1.165, 1.54) is 48.8 Å². The Kier molecular flexibility index (Phi) is 4.67. The van der Waals surface area contributed by atoms with Crippen LogP contribution in [0.5, 0.6) is 0 Å². The highest BCUT2D eigenvalue weighted by Crippen LogP contribution is 2.20. The topological polar surface area (TPSA) is 26.0 Å². The SMILES string of the molecule is CCCCCCc1c(C)cc(N)cc1C. The fraction of sp³-hybridized carbons (Fsp3) is 0.571. The van der Waals surface area contributed by atoms with Crippen LogP contribution in [0.1, 0.15) is 49.3 Å². The van der Waals surface area contributed by atoms with Gasteiger partial charge < -0.3 is 5.73 Å². The molecule has 0 aromatic heterocycles. The van der Waals surface area contributed by atoms with Gasteiger partial charge >= 0.3 is 0 Å². The highest BCUT2D eigenvalue weighted by Gasteiger charge is 2.03. The number of aryl methyl sites for hydroxylation is 2. The number of benzene rings is 1. The van der Waals surface area contributed by atoms with Crippen molar-refractivity contribution in [1.29, 1.82) is 0 Å². The summed E-state index contributed by atoms with van der Waals surface area (Å²) in [4.78, 5) is 0. The molecule has 1 aromatic carbocycles. The molecule has 0 saturated carbocycles. The first-order valence-corrected chi connectivity index (χ1v) is 6.00. The Morgan fingerprint density at radius 3 is 2.13 bits per heavy atom. The summed E-state index contributed by atoms with van der Waals surface area (Å²) in [6.45, 7) is 6.58. The van der Waals surface area contributed by atoms with E-state index in [2.05, 4.69) is 32.9 Å². The Morgan fingerprint density at radius 1 is 1.00 bits per heavy atom. The van der Waals surface area contributed by atoms with E-state index >= 15 is 0 Å². The van der Waals surface area contributed by atoms with Gasteiger partial charge in [0, 0.05) is 5.69 Å². The van der Waals surface area contributed by atoms with Crippen LogP contribution in [0.15, 0.2) is 12.1 Å². The Hall–Kier alpha value is -0.980. The Balaban J connectivity index is 2.60. The standard InChI is InChI=1S/C14H23N/c1-4-5-6-7-8-14-11(2)9-13(15)10-12(14)3/h9-10H,4-8,15H2,1-3H3. The minimum Gasteiger partial charge on any atom is -0.399 e. The average Bonchev–Trinajstić information content (AvgIpc) is 2.15. The van der Waals surface area contributed by atoms with Crippen LogP contribution in [0.2, 0.25) is 0 Å². The van der Waals surface area contributed by atoms with Crippen LogP contribution in [0.3, 0.4) is 0 Å². The number of rotatable bonds is 5. The number of hydrogen-bond donors (Lipinski definition) is 1. The van der Waals surface area contributed by atoms with Gasteiger partial charge in [0.1, 0.15) is 0 Å². The summed E-state index contributed by atoms with van der Waals surface area (Å²) in [5.41, 5.74) is 10.9. The molecule has 2 N–H and O–H groups in total. The number of hydrogen-bond acceptors (Lipinski definition) is 1. The Bertz CT molecular complexity index is 292. The lowest BCUT2D eigenvalue weighted by molar-refractivity contribution is 0.664. The van der Waals surface area contributed by atoms with Crippen molar-refractivity contribution < 1.29 is 0 Å². The van der Waals surface area contributed by atoms with Crippen molar-refractivity contribution in [3.8, 4) is 0 Å². The molecule has 0 spiro atoms. The molecule has 1 nitrogen and oxygen atoms in total. The molecule has 0 atom stereocenters. The van der Waals surface area contributed by atoms with Crippen LogP contribution in [-0.2, 0) is 6.42 Å². The lowest BCUT2D eigenvalue weighted by Gasteiger charge is -2.10. The molecule has 1 heteroatoms. The second-order valence-electron chi connectivity index (χ2n) is 4.44. The van der Waals surface area contributed by atoms with E-state index in [0.717, 1.165) is 5.69 Å². The largest absolute Gasteiger partial charge is 0.399 e. The van der Waals surface area contributed by atoms with Gasteiger partial charge in [0.2, 0.25) is 0 Å². The van der Waals surface area contributed by atoms with Crippen LogP contribution < -0.4 is 5.73 Å². The summed E-state index contributed by atoms with van der Waals surface area (Å²) in [6.07, 6.45) is 6.52. The van der Waals surface area contributed by atoms with Crippen LogP contribution in [0.25, 0.3) is 0 Å². The third-order valence-corrected chi connectivity index (χ3v) is 3.00. The maximum absolute atomic E-state index is 5.80. The lowest BCUT2D eigenvalue weighted by atomic mass is 9.96. The zero-order valence-electron chi connectivity index (χ0n) is 10.3. The predicted molar refractivity (Wildman–Crippen MR) is 68.2 cm³/mol. The fourth-order valence-electron chi connectivity index (χ4n) is 2.15. The minimum absolute atomic E-state index is 0.891. The minimum atomic E-state index is 0.891. The van der Waals surface area contributed by atoms with Crippen molar-refractivity contribution in [3.63, 3.8) is 0 Å². The maximum Gasteiger partial charge on any atom is 0.0319 e. The summed E-state index contributed by atoms with van der Waals surface area (Å²) in [7, 11) is 0. The van der Waals surface area contributed by atoms with Gasteiger partial charge in [0.05, 0.1) is 0 Å². The quantitative estimate of drug-likeness (QED) is 0.570. The monoisotopic (exact) mass is 205 g/mol. The van der Waals surface area contributed by atoms with Gasteiger partial charge in [-0.2, -0.15) is 0 Å². The number of nitrogen functional groups attached to an aromatic ring is 1. The van der Waals surface area contributed by atoms with E-state index in [0.29, 0.717) is 0 Å². The molecule has 0 radical (unpaired) electrons. The van der Waals surface area contributed by atoms with E-state index < -0.39 is 0 Å². The molecule has 0 heterocycles. The fourth-order valence-corrected chi connectivity index (χ4v) is 2.15. The molecule has 0 fully saturated rings. The van der Waals surface area contributed by atoms with Crippen LogP contribution in [0, 0.1) is 13.8 Å². The molecule has 0 amide bonds. The lowest BCUT2D eigenvalue weighted by Crippen LogP contribution is -1.97. The predicted octanol–water partition coefficient (Wildman–Crippen LogP) is 4.01. The molecular weight excluding hydrogens is 182 g/mol. The molecule has 0 aliphatic carbocycles. The average molecular weight is 205 g/mol. The molecule has 0 unspecified atom stereocenters. The molecule has 0 aliphatic heterocycles. The van der Waals surface area contributed by atoms with Crippen molar-refractivity contribution >= 4 is 5.69 Å². The van der Waals surface area contributed by atoms with Gasteiger partial charge in [-0.15, -0.1) is 0 Å². The van der Waals surface area contributed by atoms with E-state index in [1.807, 2.05) is 0 Å². The first-order chi connectivity index (χ1) is 7.15. The smallest absolute Gasteiger partial charge is 0.0319 e. The van der Waals surface area contributed by atoms with Gasteiger partial charge in [-0.1, -0.05) is 26.2 Å². The van der Waals surface area contributed by atoms with E-state index in [-0.39, 0.29) is 0 Å². The number of anilines is 1. The van der Waals surface area contributed by atoms with Crippen molar-refractivity contribution in [2.24, 2.45) is 0 Å². The van der Waals surface area contributed by atoms with Crippen molar-refractivity contribution in [2.45, 2.75) is 52.9 Å². The molecule has 84 valence electrons. The molecular formula is C14H23N. The van der Waals surface area contributed by atoms with Gasteiger partial charge in [-0.3, -0.25) is 0 Å². The third kappa shape index (κ3) is 3.58. The highest BCUT2D eigenvalue weighted by atomic mass is 14.5. The second-order valence-corrected chi connectivity index (χ2v) is 4.44. The number of nitrogens with two attached hydrogens (primary N) is 1. The van der Waals surface area contributed by atoms with Gasteiger partial charge in [0.25, 0.3) is 0 Å². The molecule has 1 rings (SSSR count). The summed E-state index contributed by atoms with van der Waals surface area (Å²) in [6, 6.07) is 4.17. The summed E-state index contributed by atoms with van der Waals surface area (Å²) in [5.74, 6) is 0. The highest BCUT2D eigenvalue weighted by molar-refractivity contribution is 5.48. The third-order valence-electron chi connectivity index (χ3n) is 3.00. The first kappa shape index (κ1) is 12.1. The van der Waals surface area contributed by atoms with Crippen LogP contribution in [0.4, 0.5) is 5.69 Å². The Labute approximate surface area is 93.7 Å². The molecule has 0 saturated heterocycles. The number of unbranched alkanes of at least 4 members (excludes halogenated alkanes) is 3. The van der Waals surface area contributed by atoms with Crippen molar-refractivity contribution in [2.75, 3.05) is 5.73 Å². The molecule has 15 heavy (non-hydrogen) atoms. The normalized spacial score (nSPS) is 10.6. The zero-order chi connectivity index (χ0) is 11.3. The summed E-state index contributed by atoms with van der Waals surface area (Å²) >= 11 is 0. The van der Waals surface area contributed by atoms with Crippen molar-refractivity contribution in [1.82, 2.24) is 0 Å². The van der Waals surface area contributed by atoms with Gasteiger partial charge in [-0.05, 0) is 55.5 Å². The van der Waals surface area contributed by atoms with Gasteiger partial charge in [0.15, 0.2) is 0 Å². The molecule has 0 aliphatic rings. The van der Waals surface area contributed by atoms with Gasteiger partial charge in [-0.25, -0.2) is 0 Å². The summed E-state index contributed by atoms with van der Waals surface area (Å²) in [5, 5.41) is 0. The van der Waals surface area contributed by atoms with E-state index in [4.69, 9.17) is 5.73 Å². The first-order valence-electron chi connectivity index (χ1n) is 6.00. The van der Waals surface area contributed by atoms with Crippen LogP contribution in [-0.4, -0.2) is 0 Å². The van der Waals surface area contributed by atoms with Crippen molar-refractivity contribution in [3.05, 3.63) is 28.8 Å². The van der Waals surface area contributed by atoms with E-state index in [9.17, 15) is 0 Å². The maximum atomic E-state index is 5.80. The summed E-state index contributed by atoms with van der Waals surface area (Å²) < 4.78 is 0. The molecule has 0 bridgehead atoms. The Morgan fingerprint density at radius 2 is 1.60 bits per heavy atom. The van der Waals surface area contributed by atoms with Crippen LogP contribution >= 0.6 is 0 Å². The second kappa shape index (κ2) is 5.79. The molecule has 1 aromatic rings. The zero-order valence-corrected chi connectivity index (χ0v) is 10.3. The van der Waals surface area contributed by atoms with E-state index in [1.54, 1.807) is 0 Å².